The van der Waals surface area contributed by atoms with Crippen molar-refractivity contribution in [2.75, 3.05) is 4.72 Å². The van der Waals surface area contributed by atoms with Gasteiger partial charge in [0.15, 0.2) is 5.69 Å². The van der Waals surface area contributed by atoms with Crippen LogP contribution in [0.2, 0.25) is 5.02 Å². The fraction of sp³-hybridized carbons (Fsp3) is 0.143. The molecule has 1 aromatic carbocycles. The number of aromatic nitrogens is 3. The van der Waals surface area contributed by atoms with Crippen LogP contribution in [-0.2, 0) is 16.6 Å². The molecular weight excluding hydrogens is 376 g/mol. The van der Waals surface area contributed by atoms with E-state index in [9.17, 15) is 17.2 Å². The molecule has 0 aliphatic heterocycles. The van der Waals surface area contributed by atoms with Gasteiger partial charge in [0.2, 0.25) is 0 Å². The number of benzene rings is 1. The first-order valence-corrected chi connectivity index (χ1v) is 8.71. The molecule has 0 radical (unpaired) electrons. The molecule has 2 N–H and O–H groups in total. The summed E-state index contributed by atoms with van der Waals surface area (Å²) in [5.41, 5.74) is 0.0417. The van der Waals surface area contributed by atoms with E-state index in [1.165, 1.54) is 18.3 Å². The second-order valence-electron chi connectivity index (χ2n) is 5.04. The van der Waals surface area contributed by atoms with E-state index in [1.807, 2.05) is 0 Å². The van der Waals surface area contributed by atoms with E-state index in [4.69, 9.17) is 16.9 Å². The molecule has 0 fully saturated rings. The van der Waals surface area contributed by atoms with Gasteiger partial charge in [0.25, 0.3) is 16.4 Å². The van der Waals surface area contributed by atoms with Gasteiger partial charge in [-0.1, -0.05) is 11.6 Å². The summed E-state index contributed by atoms with van der Waals surface area (Å²) in [5.74, 6) is 0. The minimum atomic E-state index is -4.07. The van der Waals surface area contributed by atoms with Crippen molar-refractivity contribution in [1.82, 2.24) is 14.8 Å². The van der Waals surface area contributed by atoms with Crippen molar-refractivity contribution in [3.8, 4) is 6.07 Å². The summed E-state index contributed by atoms with van der Waals surface area (Å²) in [6.07, 6.45) is -0.432. The number of nitriles is 1. The molecule has 3 aromatic rings. The molecule has 0 aliphatic carbocycles. The molecule has 0 unspecified atom stereocenters. The molecule has 3 rings (SSSR count). The highest BCUT2D eigenvalue weighted by molar-refractivity contribution is 7.93. The number of alkyl halides is 2. The Hall–Kier alpha value is -2.64. The smallest absolute Gasteiger partial charge is 0.264 e. The zero-order valence-corrected chi connectivity index (χ0v) is 13.9. The molecule has 0 saturated carbocycles. The molecule has 0 amide bonds. The number of anilines is 1. The van der Waals surface area contributed by atoms with Crippen LogP contribution in [0.1, 0.15) is 5.69 Å². The molecule has 0 atom stereocenters. The summed E-state index contributed by atoms with van der Waals surface area (Å²) in [6.45, 7) is -0.809. The fourth-order valence-electron chi connectivity index (χ4n) is 2.34. The van der Waals surface area contributed by atoms with Crippen LogP contribution in [0.4, 0.5) is 14.5 Å². The van der Waals surface area contributed by atoms with Crippen molar-refractivity contribution in [2.45, 2.75) is 17.9 Å². The average Bonchev–Trinajstić information content (AvgIpc) is 3.10. The predicted molar refractivity (Wildman–Crippen MR) is 87.1 cm³/mol. The quantitative estimate of drug-likeness (QED) is 0.704. The van der Waals surface area contributed by atoms with Crippen LogP contribution in [0.3, 0.4) is 0 Å². The molecule has 0 saturated heterocycles. The first-order valence-electron chi connectivity index (χ1n) is 6.85. The SMILES string of the molecule is N#Cc1c(NS(=O)(=O)c2c[nH]c3cc(Cl)ccc23)cnn1CC(F)F. The van der Waals surface area contributed by atoms with E-state index in [0.29, 0.717) is 15.9 Å². The maximum Gasteiger partial charge on any atom is 0.264 e. The van der Waals surface area contributed by atoms with Crippen molar-refractivity contribution in [3.05, 3.63) is 41.3 Å². The topological polar surface area (TPSA) is 104 Å². The number of hydrogen-bond acceptors (Lipinski definition) is 4. The lowest BCUT2D eigenvalue weighted by molar-refractivity contribution is 0.121. The molecule has 2 heterocycles. The Kier molecular flexibility index (Phi) is 4.36. The van der Waals surface area contributed by atoms with Gasteiger partial charge in [-0.3, -0.25) is 4.72 Å². The molecule has 0 bridgehead atoms. The molecule has 0 aliphatic rings. The van der Waals surface area contributed by atoms with Crippen LogP contribution >= 0.6 is 11.6 Å². The lowest BCUT2D eigenvalue weighted by atomic mass is 10.2. The highest BCUT2D eigenvalue weighted by Gasteiger charge is 2.23. The van der Waals surface area contributed by atoms with Gasteiger partial charge in [-0.15, -0.1) is 0 Å². The Morgan fingerprint density at radius 2 is 2.20 bits per heavy atom. The molecule has 2 aromatic heterocycles. The van der Waals surface area contributed by atoms with Gasteiger partial charge in [-0.25, -0.2) is 21.9 Å². The number of nitrogens with one attached hydrogen (secondary N) is 2. The third kappa shape index (κ3) is 3.29. The average molecular weight is 386 g/mol. The van der Waals surface area contributed by atoms with Crippen molar-refractivity contribution in [3.63, 3.8) is 0 Å². The maximum absolute atomic E-state index is 12.6. The van der Waals surface area contributed by atoms with Gasteiger partial charge >= 0.3 is 0 Å². The second kappa shape index (κ2) is 6.34. The lowest BCUT2D eigenvalue weighted by Gasteiger charge is -2.06. The van der Waals surface area contributed by atoms with Crippen LogP contribution in [0, 0.1) is 11.3 Å². The molecule has 25 heavy (non-hydrogen) atoms. The largest absolute Gasteiger partial charge is 0.360 e. The number of H-pyrrole nitrogens is 1. The van der Waals surface area contributed by atoms with Gasteiger partial charge in [-0.05, 0) is 18.2 Å². The van der Waals surface area contributed by atoms with Crippen molar-refractivity contribution >= 4 is 38.2 Å². The van der Waals surface area contributed by atoms with Crippen molar-refractivity contribution in [2.24, 2.45) is 0 Å². The zero-order chi connectivity index (χ0) is 18.2. The van der Waals surface area contributed by atoms with Gasteiger partial charge < -0.3 is 4.98 Å². The maximum atomic E-state index is 12.6. The second-order valence-corrected chi connectivity index (χ2v) is 7.13. The van der Waals surface area contributed by atoms with Crippen molar-refractivity contribution in [1.29, 1.82) is 5.26 Å². The number of fused-ring (bicyclic) bond motifs is 1. The Balaban J connectivity index is 1.99. The monoisotopic (exact) mass is 385 g/mol. The van der Waals surface area contributed by atoms with E-state index in [2.05, 4.69) is 14.8 Å². The van der Waals surface area contributed by atoms with Crippen LogP contribution in [0.25, 0.3) is 10.9 Å². The number of hydrogen-bond donors (Lipinski definition) is 2. The summed E-state index contributed by atoms with van der Waals surface area (Å²) in [6, 6.07) is 6.32. The Morgan fingerprint density at radius 3 is 2.88 bits per heavy atom. The molecule has 130 valence electrons. The summed E-state index contributed by atoms with van der Waals surface area (Å²) in [4.78, 5) is 2.73. The number of halogens is 3. The number of nitrogens with zero attached hydrogens (tertiary/aromatic N) is 3. The third-order valence-corrected chi connectivity index (χ3v) is 5.04. The Bertz CT molecular complexity index is 1080. The third-order valence-electron chi connectivity index (χ3n) is 3.40. The van der Waals surface area contributed by atoms with Crippen LogP contribution < -0.4 is 4.72 Å². The highest BCUT2D eigenvalue weighted by Crippen LogP contribution is 2.27. The van der Waals surface area contributed by atoms with Gasteiger partial charge in [0.1, 0.15) is 23.2 Å². The standard InChI is InChI=1S/C14H10ClF2N5O2S/c15-8-1-2-9-10(3-8)19-6-13(9)25(23,24)21-11-5-20-22(7-14(16)17)12(11)4-18/h1-3,5-6,14,19,21H,7H2. The van der Waals surface area contributed by atoms with Crippen LogP contribution in [0.15, 0.2) is 35.5 Å². The van der Waals surface area contributed by atoms with Gasteiger partial charge in [-0.2, -0.15) is 10.4 Å². The molecule has 0 spiro atoms. The van der Waals surface area contributed by atoms with E-state index >= 15 is 0 Å². The van der Waals surface area contributed by atoms with E-state index in [0.717, 1.165) is 10.9 Å². The minimum absolute atomic E-state index is 0.0651. The molecular formula is C14H10ClF2N5O2S. The number of sulfonamides is 1. The van der Waals surface area contributed by atoms with Crippen LogP contribution in [0.5, 0.6) is 0 Å². The van der Waals surface area contributed by atoms with Crippen molar-refractivity contribution < 1.29 is 17.2 Å². The van der Waals surface area contributed by atoms with E-state index in [1.54, 1.807) is 12.1 Å². The summed E-state index contributed by atoms with van der Waals surface area (Å²) >= 11 is 5.86. The highest BCUT2D eigenvalue weighted by atomic mass is 35.5. The van der Waals surface area contributed by atoms with Gasteiger partial charge in [0, 0.05) is 22.1 Å². The van der Waals surface area contributed by atoms with E-state index < -0.39 is 23.0 Å². The van der Waals surface area contributed by atoms with E-state index in [-0.39, 0.29) is 16.3 Å². The zero-order valence-electron chi connectivity index (χ0n) is 12.4. The Morgan fingerprint density at radius 1 is 1.44 bits per heavy atom. The molecule has 7 nitrogen and oxygen atoms in total. The van der Waals surface area contributed by atoms with Gasteiger partial charge in [0.05, 0.1) is 6.20 Å². The number of aromatic amines is 1. The Labute approximate surface area is 145 Å². The normalized spacial score (nSPS) is 11.8. The lowest BCUT2D eigenvalue weighted by Crippen LogP contribution is -2.14. The summed E-state index contributed by atoms with van der Waals surface area (Å²) in [7, 11) is -4.07. The fourth-order valence-corrected chi connectivity index (χ4v) is 3.74. The van der Waals surface area contributed by atoms with Crippen LogP contribution in [-0.4, -0.2) is 29.6 Å². The first kappa shape index (κ1) is 17.2. The first-order chi connectivity index (χ1) is 11.8. The molecule has 11 heteroatoms. The summed E-state index contributed by atoms with van der Waals surface area (Å²) in [5, 5.41) is 13.6. The predicted octanol–water partition coefficient (Wildman–Crippen LogP) is 2.96. The minimum Gasteiger partial charge on any atom is -0.360 e. The summed E-state index contributed by atoms with van der Waals surface area (Å²) < 4.78 is 53.1. The number of rotatable bonds is 5.